The van der Waals surface area contributed by atoms with Crippen LogP contribution in [0, 0.1) is 0 Å². The van der Waals surface area contributed by atoms with Gasteiger partial charge in [-0.3, -0.25) is 9.69 Å². The van der Waals surface area contributed by atoms with Crippen LogP contribution in [0.5, 0.6) is 0 Å². The summed E-state index contributed by atoms with van der Waals surface area (Å²) < 4.78 is 4.91. The number of carbonyl (C=O) groups excluding carboxylic acids is 2. The summed E-state index contributed by atoms with van der Waals surface area (Å²) in [5, 5.41) is 4.74. The molecule has 1 saturated heterocycles. The Balaban J connectivity index is 1.67. The van der Waals surface area contributed by atoms with Crippen LogP contribution in [0.2, 0.25) is 0 Å². The first-order valence-electron chi connectivity index (χ1n) is 6.79. The monoisotopic (exact) mass is 314 g/mol. The van der Waals surface area contributed by atoms with Gasteiger partial charge < -0.3 is 10.1 Å². The Kier molecular flexibility index (Phi) is 4.20. The molecule has 0 radical (unpaired) electrons. The highest BCUT2D eigenvalue weighted by Gasteiger charge is 2.23. The van der Waals surface area contributed by atoms with Gasteiger partial charge in [-0.25, -0.2) is 4.79 Å². The Hall–Kier alpha value is -2.60. The van der Waals surface area contributed by atoms with E-state index in [2.05, 4.69) is 5.32 Å². The number of benzene rings is 1. The van der Waals surface area contributed by atoms with Gasteiger partial charge in [-0.05, 0) is 35.7 Å². The van der Waals surface area contributed by atoms with Crippen LogP contribution in [0.3, 0.4) is 0 Å². The lowest BCUT2D eigenvalue weighted by atomic mass is 10.2. The second kappa shape index (κ2) is 6.44. The quantitative estimate of drug-likeness (QED) is 0.880. The fourth-order valence-electron chi connectivity index (χ4n) is 2.11. The summed E-state index contributed by atoms with van der Waals surface area (Å²) in [7, 11) is 0. The lowest BCUT2D eigenvalue weighted by Crippen LogP contribution is -2.23. The average Bonchev–Trinajstić information content (AvgIpc) is 3.16. The van der Waals surface area contributed by atoms with Crippen LogP contribution in [0.15, 0.2) is 47.9 Å². The number of cyclic esters (lactones) is 1. The number of anilines is 2. The minimum Gasteiger partial charge on any atom is -0.447 e. The third kappa shape index (κ3) is 3.35. The van der Waals surface area contributed by atoms with Gasteiger partial charge in [0, 0.05) is 22.3 Å². The smallest absolute Gasteiger partial charge is 0.414 e. The molecule has 0 bridgehead atoms. The third-order valence-corrected chi connectivity index (χ3v) is 3.97. The number of amides is 2. The number of rotatable bonds is 4. The van der Waals surface area contributed by atoms with E-state index in [-0.39, 0.29) is 12.0 Å². The minimum atomic E-state index is -0.360. The van der Waals surface area contributed by atoms with E-state index in [0.29, 0.717) is 24.5 Å². The summed E-state index contributed by atoms with van der Waals surface area (Å²) in [6, 6.07) is 11.0. The molecule has 0 spiro atoms. The zero-order valence-corrected chi connectivity index (χ0v) is 12.5. The van der Waals surface area contributed by atoms with Gasteiger partial charge in [-0.1, -0.05) is 12.1 Å². The van der Waals surface area contributed by atoms with Crippen LogP contribution in [-0.2, 0) is 9.53 Å². The Morgan fingerprint density at radius 3 is 2.95 bits per heavy atom. The van der Waals surface area contributed by atoms with E-state index >= 15 is 0 Å². The fraction of sp³-hybridized carbons (Fsp3) is 0.125. The highest BCUT2D eigenvalue weighted by Crippen LogP contribution is 2.22. The van der Waals surface area contributed by atoms with E-state index in [1.165, 1.54) is 11.0 Å². The highest BCUT2D eigenvalue weighted by molar-refractivity contribution is 7.10. The molecule has 2 heterocycles. The molecule has 2 amide bonds. The first-order valence-corrected chi connectivity index (χ1v) is 7.67. The average molecular weight is 314 g/mol. The molecule has 1 aliphatic rings. The van der Waals surface area contributed by atoms with Crippen LogP contribution in [-0.4, -0.2) is 25.2 Å². The number of thiophene rings is 1. The fourth-order valence-corrected chi connectivity index (χ4v) is 2.73. The summed E-state index contributed by atoms with van der Waals surface area (Å²) in [6.45, 7) is 0.910. The van der Waals surface area contributed by atoms with Gasteiger partial charge in [0.05, 0.1) is 6.54 Å². The van der Waals surface area contributed by atoms with E-state index in [1.54, 1.807) is 35.6 Å². The number of nitrogens with one attached hydrogen (secondary N) is 1. The van der Waals surface area contributed by atoms with Gasteiger partial charge in [-0.15, -0.1) is 11.3 Å². The van der Waals surface area contributed by atoms with Gasteiger partial charge in [0.1, 0.15) is 6.61 Å². The molecule has 0 unspecified atom stereocenters. The van der Waals surface area contributed by atoms with Crippen molar-refractivity contribution >= 4 is 40.8 Å². The molecule has 0 aliphatic carbocycles. The van der Waals surface area contributed by atoms with E-state index in [9.17, 15) is 9.59 Å². The van der Waals surface area contributed by atoms with Crippen molar-refractivity contribution in [2.75, 3.05) is 23.4 Å². The SMILES string of the molecule is O=C(C=Cc1cccs1)Nc1cccc(N2CCOC2=O)c1. The molecule has 3 rings (SSSR count). The largest absolute Gasteiger partial charge is 0.447 e. The molecule has 0 saturated carbocycles. The standard InChI is InChI=1S/C16H14N2O3S/c19-15(7-6-14-5-2-10-22-14)17-12-3-1-4-13(11-12)18-8-9-21-16(18)20/h1-7,10-11H,8-9H2,(H,17,19). The summed E-state index contributed by atoms with van der Waals surface area (Å²) in [5.74, 6) is -0.213. The van der Waals surface area contributed by atoms with Crippen LogP contribution < -0.4 is 10.2 Å². The molecule has 1 aromatic carbocycles. The van der Waals surface area contributed by atoms with E-state index < -0.39 is 0 Å². The maximum atomic E-state index is 11.9. The molecule has 1 aliphatic heterocycles. The van der Waals surface area contributed by atoms with E-state index in [1.807, 2.05) is 23.6 Å². The second-order valence-corrected chi connectivity index (χ2v) is 5.63. The molecular formula is C16H14N2O3S. The zero-order valence-electron chi connectivity index (χ0n) is 11.7. The van der Waals surface area contributed by atoms with Crippen molar-refractivity contribution in [2.24, 2.45) is 0 Å². The molecule has 6 heteroatoms. The van der Waals surface area contributed by atoms with Crippen molar-refractivity contribution in [2.45, 2.75) is 0 Å². The van der Waals surface area contributed by atoms with Gasteiger partial charge in [0.25, 0.3) is 0 Å². The highest BCUT2D eigenvalue weighted by atomic mass is 32.1. The maximum Gasteiger partial charge on any atom is 0.414 e. The molecule has 0 atom stereocenters. The Morgan fingerprint density at radius 2 is 2.23 bits per heavy atom. The lowest BCUT2D eigenvalue weighted by Gasteiger charge is -2.13. The lowest BCUT2D eigenvalue weighted by molar-refractivity contribution is -0.111. The van der Waals surface area contributed by atoms with Crippen molar-refractivity contribution in [1.82, 2.24) is 0 Å². The molecule has 2 aromatic rings. The van der Waals surface area contributed by atoms with E-state index in [0.717, 1.165) is 4.88 Å². The van der Waals surface area contributed by atoms with Crippen molar-refractivity contribution in [3.63, 3.8) is 0 Å². The third-order valence-electron chi connectivity index (χ3n) is 3.13. The summed E-state index contributed by atoms with van der Waals surface area (Å²) in [4.78, 5) is 26.0. The first-order chi connectivity index (χ1) is 10.7. The topological polar surface area (TPSA) is 58.6 Å². The van der Waals surface area contributed by atoms with Gasteiger partial charge in [0.2, 0.25) is 5.91 Å². The molecule has 1 fully saturated rings. The second-order valence-electron chi connectivity index (χ2n) is 4.65. The zero-order chi connectivity index (χ0) is 15.4. The van der Waals surface area contributed by atoms with Gasteiger partial charge in [-0.2, -0.15) is 0 Å². The summed E-state index contributed by atoms with van der Waals surface area (Å²) >= 11 is 1.57. The number of hydrogen-bond donors (Lipinski definition) is 1. The number of hydrogen-bond acceptors (Lipinski definition) is 4. The molecule has 1 aromatic heterocycles. The number of nitrogens with zero attached hydrogens (tertiary/aromatic N) is 1. The molecule has 112 valence electrons. The normalized spacial score (nSPS) is 14.4. The van der Waals surface area contributed by atoms with Crippen LogP contribution >= 0.6 is 11.3 Å². The number of carbonyl (C=O) groups is 2. The molecular weight excluding hydrogens is 300 g/mol. The van der Waals surface area contributed by atoms with Gasteiger partial charge in [0.15, 0.2) is 0 Å². The van der Waals surface area contributed by atoms with Crippen LogP contribution in [0.25, 0.3) is 6.08 Å². The van der Waals surface area contributed by atoms with Gasteiger partial charge >= 0.3 is 6.09 Å². The Bertz CT molecular complexity index is 710. The van der Waals surface area contributed by atoms with Crippen molar-refractivity contribution < 1.29 is 14.3 Å². The predicted octanol–water partition coefficient (Wildman–Crippen LogP) is 3.36. The Morgan fingerprint density at radius 1 is 1.32 bits per heavy atom. The predicted molar refractivity (Wildman–Crippen MR) is 87.1 cm³/mol. The summed E-state index contributed by atoms with van der Waals surface area (Å²) in [5.41, 5.74) is 1.35. The van der Waals surface area contributed by atoms with Crippen molar-refractivity contribution in [3.05, 3.63) is 52.7 Å². The van der Waals surface area contributed by atoms with Crippen molar-refractivity contribution in [3.8, 4) is 0 Å². The number of ether oxygens (including phenoxy) is 1. The van der Waals surface area contributed by atoms with E-state index in [4.69, 9.17) is 4.74 Å². The summed E-state index contributed by atoms with van der Waals surface area (Å²) in [6.07, 6.45) is 2.89. The molecule has 5 nitrogen and oxygen atoms in total. The van der Waals surface area contributed by atoms with Crippen molar-refractivity contribution in [1.29, 1.82) is 0 Å². The molecule has 22 heavy (non-hydrogen) atoms. The minimum absolute atomic E-state index is 0.213. The Labute approximate surface area is 131 Å². The first kappa shape index (κ1) is 14.3. The molecule has 1 N–H and O–H groups in total. The van der Waals surface area contributed by atoms with Crippen LogP contribution in [0.1, 0.15) is 4.88 Å². The van der Waals surface area contributed by atoms with Crippen LogP contribution in [0.4, 0.5) is 16.2 Å². The maximum absolute atomic E-state index is 11.9.